The summed E-state index contributed by atoms with van der Waals surface area (Å²) in [6, 6.07) is 7.05. The summed E-state index contributed by atoms with van der Waals surface area (Å²) in [4.78, 5) is 23.2. The number of amides is 2. The highest BCUT2D eigenvalue weighted by Crippen LogP contribution is 2.28. The molecule has 1 aliphatic rings. The molecular weight excluding hydrogens is 364 g/mol. The summed E-state index contributed by atoms with van der Waals surface area (Å²) in [6.07, 6.45) is 1.94. The molecule has 0 atom stereocenters. The Labute approximate surface area is 153 Å². The molecule has 0 bridgehead atoms. The molecule has 132 valence electrons. The maximum Gasteiger partial charge on any atom is 0.277 e. The van der Waals surface area contributed by atoms with Crippen LogP contribution >= 0.6 is 23.4 Å². The lowest BCUT2D eigenvalue weighted by Crippen LogP contribution is -2.35. The van der Waals surface area contributed by atoms with Gasteiger partial charge in [-0.25, -0.2) is 0 Å². The van der Waals surface area contributed by atoms with E-state index >= 15 is 0 Å². The van der Waals surface area contributed by atoms with Gasteiger partial charge in [0, 0.05) is 29.6 Å². The molecule has 1 heterocycles. The zero-order valence-corrected chi connectivity index (χ0v) is 14.9. The highest BCUT2D eigenvalue weighted by Gasteiger charge is 2.28. The van der Waals surface area contributed by atoms with E-state index in [9.17, 15) is 9.59 Å². The number of carbonyl (C=O) groups excluding carboxylic acids is 2. The summed E-state index contributed by atoms with van der Waals surface area (Å²) >= 11 is 7.00. The van der Waals surface area contributed by atoms with E-state index in [4.69, 9.17) is 16.0 Å². The van der Waals surface area contributed by atoms with Gasteiger partial charge in [0.15, 0.2) is 0 Å². The highest BCUT2D eigenvalue weighted by molar-refractivity contribution is 7.99. The summed E-state index contributed by atoms with van der Waals surface area (Å²) in [7, 11) is 0. The monoisotopic (exact) mass is 380 g/mol. The van der Waals surface area contributed by atoms with Crippen molar-refractivity contribution in [3.63, 3.8) is 0 Å². The molecule has 2 aromatic rings. The third-order valence-corrected chi connectivity index (χ3v) is 4.59. The van der Waals surface area contributed by atoms with Crippen LogP contribution in [-0.2, 0) is 9.59 Å². The lowest BCUT2D eigenvalue weighted by molar-refractivity contribution is -0.123. The Hall–Kier alpha value is -2.06. The first-order valence-electron chi connectivity index (χ1n) is 7.88. The van der Waals surface area contributed by atoms with Gasteiger partial charge in [-0.05, 0) is 37.1 Å². The van der Waals surface area contributed by atoms with Gasteiger partial charge >= 0.3 is 0 Å². The summed E-state index contributed by atoms with van der Waals surface area (Å²) in [5, 5.41) is 14.3. The quantitative estimate of drug-likeness (QED) is 0.538. The second kappa shape index (κ2) is 8.35. The molecule has 0 spiro atoms. The maximum atomic E-state index is 11.8. The van der Waals surface area contributed by atoms with Crippen molar-refractivity contribution in [2.24, 2.45) is 5.92 Å². The molecule has 1 aromatic heterocycles. The number of benzene rings is 1. The Morgan fingerprint density at radius 1 is 1.16 bits per heavy atom. The molecule has 2 N–H and O–H groups in total. The van der Waals surface area contributed by atoms with Crippen LogP contribution in [0.3, 0.4) is 0 Å². The fourth-order valence-corrected chi connectivity index (χ4v) is 2.75. The van der Waals surface area contributed by atoms with Crippen LogP contribution in [0.4, 0.5) is 0 Å². The van der Waals surface area contributed by atoms with Crippen LogP contribution in [0, 0.1) is 5.92 Å². The number of rotatable bonds is 8. The average molecular weight is 381 g/mol. The average Bonchev–Trinajstić information content (AvgIpc) is 3.36. The number of aromatic nitrogens is 2. The summed E-state index contributed by atoms with van der Waals surface area (Å²) in [6.45, 7) is 0.838. The first-order valence-corrected chi connectivity index (χ1v) is 9.25. The van der Waals surface area contributed by atoms with Crippen molar-refractivity contribution < 1.29 is 14.0 Å². The van der Waals surface area contributed by atoms with Crippen LogP contribution in [0.2, 0.25) is 5.02 Å². The van der Waals surface area contributed by atoms with Gasteiger partial charge in [0.1, 0.15) is 0 Å². The number of hydrogen-bond acceptors (Lipinski definition) is 6. The summed E-state index contributed by atoms with van der Waals surface area (Å²) in [5.74, 6) is 0.640. The molecule has 9 heteroatoms. The smallest absolute Gasteiger partial charge is 0.277 e. The van der Waals surface area contributed by atoms with Gasteiger partial charge < -0.3 is 15.1 Å². The standard InChI is InChI=1S/C16H17ClN4O3S/c17-12-5-3-11(4-6-12)15-20-21-16(24-15)25-9-13(22)18-7-8-19-14(23)10-1-2-10/h3-6,10H,1-2,7-9H2,(H,18,22)(H,19,23). The van der Waals surface area contributed by atoms with E-state index in [-0.39, 0.29) is 23.5 Å². The van der Waals surface area contributed by atoms with E-state index in [0.717, 1.165) is 30.2 Å². The Balaban J connectivity index is 1.37. The van der Waals surface area contributed by atoms with E-state index in [1.807, 2.05) is 0 Å². The molecule has 1 aromatic carbocycles. The largest absolute Gasteiger partial charge is 0.411 e. The molecule has 0 aliphatic heterocycles. The minimum atomic E-state index is -0.156. The molecular formula is C16H17ClN4O3S. The molecule has 3 rings (SSSR count). The second-order valence-corrected chi connectivity index (χ2v) is 6.95. The van der Waals surface area contributed by atoms with Crippen LogP contribution in [0.5, 0.6) is 0 Å². The van der Waals surface area contributed by atoms with Gasteiger partial charge in [0.25, 0.3) is 5.22 Å². The number of halogens is 1. The normalized spacial score (nSPS) is 13.5. The maximum absolute atomic E-state index is 11.8. The van der Waals surface area contributed by atoms with Gasteiger partial charge in [0.05, 0.1) is 5.75 Å². The van der Waals surface area contributed by atoms with Crippen molar-refractivity contribution in [2.45, 2.75) is 18.1 Å². The van der Waals surface area contributed by atoms with E-state index in [1.165, 1.54) is 0 Å². The fraction of sp³-hybridized carbons (Fsp3) is 0.375. The molecule has 1 fully saturated rings. The van der Waals surface area contributed by atoms with Gasteiger partial charge in [-0.3, -0.25) is 9.59 Å². The number of thioether (sulfide) groups is 1. The third kappa shape index (κ3) is 5.47. The van der Waals surface area contributed by atoms with Gasteiger partial charge in [0.2, 0.25) is 17.7 Å². The van der Waals surface area contributed by atoms with Crippen molar-refractivity contribution in [1.82, 2.24) is 20.8 Å². The molecule has 7 nitrogen and oxygen atoms in total. The van der Waals surface area contributed by atoms with Crippen molar-refractivity contribution >= 4 is 35.2 Å². The lowest BCUT2D eigenvalue weighted by Gasteiger charge is -2.05. The first-order chi connectivity index (χ1) is 12.1. The second-order valence-electron chi connectivity index (χ2n) is 5.58. The number of nitrogens with zero attached hydrogens (tertiary/aromatic N) is 2. The first kappa shape index (κ1) is 17.8. The summed E-state index contributed by atoms with van der Waals surface area (Å²) < 4.78 is 5.51. The predicted molar refractivity (Wildman–Crippen MR) is 94.2 cm³/mol. The minimum absolute atomic E-state index is 0.0733. The molecule has 1 aliphatic carbocycles. The van der Waals surface area contributed by atoms with Crippen LogP contribution in [0.15, 0.2) is 33.9 Å². The molecule has 1 saturated carbocycles. The van der Waals surface area contributed by atoms with E-state index in [2.05, 4.69) is 20.8 Å². The van der Waals surface area contributed by atoms with E-state index in [1.54, 1.807) is 24.3 Å². The van der Waals surface area contributed by atoms with Crippen molar-refractivity contribution in [3.8, 4) is 11.5 Å². The SMILES string of the molecule is O=C(CSc1nnc(-c2ccc(Cl)cc2)o1)NCCNC(=O)C1CC1. The number of carbonyl (C=O) groups is 2. The number of nitrogens with one attached hydrogen (secondary N) is 2. The van der Waals surface area contributed by atoms with Gasteiger partial charge in [-0.1, -0.05) is 23.4 Å². The number of hydrogen-bond donors (Lipinski definition) is 2. The Bertz CT molecular complexity index is 746. The zero-order chi connectivity index (χ0) is 17.6. The Kier molecular flexibility index (Phi) is 5.93. The van der Waals surface area contributed by atoms with Crippen molar-refractivity contribution in [3.05, 3.63) is 29.3 Å². The highest BCUT2D eigenvalue weighted by atomic mass is 35.5. The lowest BCUT2D eigenvalue weighted by atomic mass is 10.2. The van der Waals surface area contributed by atoms with Gasteiger partial charge in [-0.15, -0.1) is 10.2 Å². The van der Waals surface area contributed by atoms with Crippen LogP contribution in [0.1, 0.15) is 12.8 Å². The molecule has 0 unspecified atom stereocenters. The third-order valence-electron chi connectivity index (χ3n) is 3.52. The minimum Gasteiger partial charge on any atom is -0.411 e. The van der Waals surface area contributed by atoms with Crippen LogP contribution in [-0.4, -0.2) is 40.9 Å². The van der Waals surface area contributed by atoms with E-state index in [0.29, 0.717) is 29.2 Å². The fourth-order valence-electron chi connectivity index (χ4n) is 2.03. The molecule has 0 radical (unpaired) electrons. The Morgan fingerprint density at radius 2 is 1.88 bits per heavy atom. The summed E-state index contributed by atoms with van der Waals surface area (Å²) in [5.41, 5.74) is 0.764. The van der Waals surface area contributed by atoms with Crippen molar-refractivity contribution in [1.29, 1.82) is 0 Å². The van der Waals surface area contributed by atoms with E-state index < -0.39 is 0 Å². The molecule has 0 saturated heterocycles. The van der Waals surface area contributed by atoms with Gasteiger partial charge in [-0.2, -0.15) is 0 Å². The topological polar surface area (TPSA) is 97.1 Å². The molecule has 2 amide bonds. The van der Waals surface area contributed by atoms with Crippen molar-refractivity contribution in [2.75, 3.05) is 18.8 Å². The van der Waals surface area contributed by atoms with Crippen LogP contribution in [0.25, 0.3) is 11.5 Å². The Morgan fingerprint density at radius 3 is 2.60 bits per heavy atom. The zero-order valence-electron chi connectivity index (χ0n) is 13.3. The van der Waals surface area contributed by atoms with Crippen LogP contribution < -0.4 is 10.6 Å². The molecule has 25 heavy (non-hydrogen) atoms. The predicted octanol–water partition coefficient (Wildman–Crippen LogP) is 2.12.